The van der Waals surface area contributed by atoms with Crippen LogP contribution in [0.3, 0.4) is 0 Å². The summed E-state index contributed by atoms with van der Waals surface area (Å²) in [5.74, 6) is -2.97. The molecule has 0 N–H and O–H groups in total. The summed E-state index contributed by atoms with van der Waals surface area (Å²) < 4.78 is 43.8. The van der Waals surface area contributed by atoms with Crippen LogP contribution in [-0.2, 0) is 9.47 Å². The smallest absolute Gasteiger partial charge is 0.312 e. The first-order chi connectivity index (χ1) is 3.96. The Morgan fingerprint density at radius 2 is 1.78 bits per heavy atom. The Balaban J connectivity index is 2.75. The van der Waals surface area contributed by atoms with Crippen molar-refractivity contribution in [2.45, 2.75) is 18.9 Å². The highest BCUT2D eigenvalue weighted by atomic mass is 19.3. The van der Waals surface area contributed by atoms with Gasteiger partial charge in [-0.15, -0.1) is 0 Å². The molecule has 0 aromatic heterocycles. The first-order valence-electron chi connectivity index (χ1n) is 2.30. The van der Waals surface area contributed by atoms with Gasteiger partial charge < -0.3 is 4.74 Å². The van der Waals surface area contributed by atoms with E-state index in [1.165, 1.54) is 0 Å². The van der Waals surface area contributed by atoms with Gasteiger partial charge in [0.15, 0.2) is 6.79 Å². The van der Waals surface area contributed by atoms with Crippen LogP contribution in [0.5, 0.6) is 0 Å². The molecule has 1 aliphatic heterocycles. The van der Waals surface area contributed by atoms with Gasteiger partial charge in [0.25, 0.3) is 5.85 Å². The van der Waals surface area contributed by atoms with Gasteiger partial charge >= 0.3 is 6.11 Å². The molecule has 0 aromatic carbocycles. The van der Waals surface area contributed by atoms with Crippen molar-refractivity contribution >= 4 is 0 Å². The van der Waals surface area contributed by atoms with Gasteiger partial charge in [-0.05, 0) is 0 Å². The topological polar surface area (TPSA) is 18.5 Å². The molecule has 0 aliphatic carbocycles. The molecule has 2 nitrogen and oxygen atoms in total. The predicted octanol–water partition coefficient (Wildman–Crippen LogP) is 1.27. The maximum absolute atomic E-state index is 12.3. The van der Waals surface area contributed by atoms with Crippen LogP contribution in [0.1, 0.15) is 6.92 Å². The van der Waals surface area contributed by atoms with Crippen LogP contribution in [-0.4, -0.2) is 18.8 Å². The average molecular weight is 142 g/mol. The standard InChI is InChI=1S/C4H5F3O2/c1-3(5)4(6,7)9-2-8-3/h2H2,1H3. The molecule has 0 spiro atoms. The Morgan fingerprint density at radius 1 is 1.22 bits per heavy atom. The third kappa shape index (κ3) is 0.900. The minimum Gasteiger partial charge on any atom is -0.312 e. The van der Waals surface area contributed by atoms with Crippen molar-refractivity contribution in [3.63, 3.8) is 0 Å². The normalized spacial score (nSPS) is 41.3. The minimum atomic E-state index is -3.80. The number of ether oxygens (including phenoxy) is 2. The van der Waals surface area contributed by atoms with Crippen molar-refractivity contribution < 1.29 is 22.6 Å². The second kappa shape index (κ2) is 1.60. The average Bonchev–Trinajstić information content (AvgIpc) is 1.81. The molecular weight excluding hydrogens is 137 g/mol. The maximum atomic E-state index is 12.3. The lowest BCUT2D eigenvalue weighted by molar-refractivity contribution is -0.281. The Bertz CT molecular complexity index is 109. The van der Waals surface area contributed by atoms with E-state index < -0.39 is 18.8 Å². The van der Waals surface area contributed by atoms with Gasteiger partial charge in [0, 0.05) is 6.92 Å². The van der Waals surface area contributed by atoms with Crippen molar-refractivity contribution in [1.82, 2.24) is 0 Å². The lowest BCUT2D eigenvalue weighted by Gasteiger charge is -2.16. The number of rotatable bonds is 0. The van der Waals surface area contributed by atoms with E-state index in [-0.39, 0.29) is 0 Å². The zero-order valence-electron chi connectivity index (χ0n) is 4.66. The van der Waals surface area contributed by atoms with Gasteiger partial charge in [0.2, 0.25) is 0 Å². The van der Waals surface area contributed by atoms with Crippen molar-refractivity contribution in [2.24, 2.45) is 0 Å². The molecule has 1 saturated heterocycles. The van der Waals surface area contributed by atoms with Gasteiger partial charge in [-0.3, -0.25) is 4.74 Å². The molecule has 1 atom stereocenters. The highest BCUT2D eigenvalue weighted by Crippen LogP contribution is 2.39. The molecule has 1 fully saturated rings. The predicted molar refractivity (Wildman–Crippen MR) is 21.5 cm³/mol. The van der Waals surface area contributed by atoms with Crippen LogP contribution >= 0.6 is 0 Å². The quantitative estimate of drug-likeness (QED) is 0.507. The van der Waals surface area contributed by atoms with E-state index in [1.54, 1.807) is 0 Å². The zero-order valence-corrected chi connectivity index (χ0v) is 4.66. The fraction of sp³-hybridized carbons (Fsp3) is 1.00. The Hall–Kier alpha value is -0.290. The third-order valence-corrected chi connectivity index (χ3v) is 1.09. The van der Waals surface area contributed by atoms with Crippen molar-refractivity contribution in [3.05, 3.63) is 0 Å². The van der Waals surface area contributed by atoms with E-state index in [2.05, 4.69) is 9.47 Å². The van der Waals surface area contributed by atoms with Crippen LogP contribution in [0.15, 0.2) is 0 Å². The second-order valence-electron chi connectivity index (χ2n) is 1.84. The SMILES string of the molecule is CC1(F)OCOC1(F)F. The number of alkyl halides is 3. The van der Waals surface area contributed by atoms with Gasteiger partial charge in [-0.2, -0.15) is 8.78 Å². The van der Waals surface area contributed by atoms with E-state index >= 15 is 0 Å². The molecule has 54 valence electrons. The van der Waals surface area contributed by atoms with E-state index in [1.807, 2.05) is 0 Å². The molecule has 1 aliphatic rings. The largest absolute Gasteiger partial charge is 0.416 e. The van der Waals surface area contributed by atoms with Crippen LogP contribution in [0.25, 0.3) is 0 Å². The highest BCUT2D eigenvalue weighted by Gasteiger charge is 2.59. The fourth-order valence-electron chi connectivity index (χ4n) is 0.427. The molecule has 1 unspecified atom stereocenters. The van der Waals surface area contributed by atoms with E-state index in [0.29, 0.717) is 6.92 Å². The van der Waals surface area contributed by atoms with Crippen molar-refractivity contribution in [3.8, 4) is 0 Å². The summed E-state index contributed by atoms with van der Waals surface area (Å²) in [7, 11) is 0. The van der Waals surface area contributed by atoms with Crippen LogP contribution in [0.2, 0.25) is 0 Å². The number of halogens is 3. The van der Waals surface area contributed by atoms with Gasteiger partial charge in [-0.25, -0.2) is 4.39 Å². The Labute approximate surface area is 49.6 Å². The molecule has 1 rings (SSSR count). The van der Waals surface area contributed by atoms with E-state index in [9.17, 15) is 13.2 Å². The lowest BCUT2D eigenvalue weighted by Crippen LogP contribution is -2.37. The molecule has 9 heavy (non-hydrogen) atoms. The highest BCUT2D eigenvalue weighted by molar-refractivity contribution is 4.75. The monoisotopic (exact) mass is 142 g/mol. The molecule has 1 heterocycles. The number of hydrogen-bond acceptors (Lipinski definition) is 2. The van der Waals surface area contributed by atoms with Crippen molar-refractivity contribution in [2.75, 3.05) is 6.79 Å². The van der Waals surface area contributed by atoms with Gasteiger partial charge in [0.05, 0.1) is 0 Å². The first kappa shape index (κ1) is 6.82. The maximum Gasteiger partial charge on any atom is 0.416 e. The van der Waals surface area contributed by atoms with Crippen LogP contribution in [0.4, 0.5) is 13.2 Å². The fourth-order valence-corrected chi connectivity index (χ4v) is 0.427. The lowest BCUT2D eigenvalue weighted by atomic mass is 10.3. The second-order valence-corrected chi connectivity index (χ2v) is 1.84. The van der Waals surface area contributed by atoms with Gasteiger partial charge in [0.1, 0.15) is 0 Å². The Kier molecular flexibility index (Phi) is 1.22. The molecule has 0 saturated carbocycles. The summed E-state index contributed by atoms with van der Waals surface area (Å²) in [5.41, 5.74) is 0. The molecule has 0 radical (unpaired) electrons. The zero-order chi connectivity index (χ0) is 7.12. The molecular formula is C4H5F3O2. The summed E-state index contributed by atoms with van der Waals surface area (Å²) >= 11 is 0. The van der Waals surface area contributed by atoms with Crippen molar-refractivity contribution in [1.29, 1.82) is 0 Å². The first-order valence-corrected chi connectivity index (χ1v) is 2.30. The van der Waals surface area contributed by atoms with E-state index in [0.717, 1.165) is 0 Å². The van der Waals surface area contributed by atoms with Gasteiger partial charge in [-0.1, -0.05) is 0 Å². The Morgan fingerprint density at radius 3 is 1.89 bits per heavy atom. The molecule has 0 aromatic rings. The minimum absolute atomic E-state index is 0.625. The molecule has 0 amide bonds. The summed E-state index contributed by atoms with van der Waals surface area (Å²) in [4.78, 5) is 0. The third-order valence-electron chi connectivity index (χ3n) is 1.09. The van der Waals surface area contributed by atoms with Crippen LogP contribution in [0, 0.1) is 0 Å². The molecule has 5 heteroatoms. The summed E-state index contributed by atoms with van der Waals surface area (Å²) in [6, 6.07) is 0. The summed E-state index contributed by atoms with van der Waals surface area (Å²) in [6.45, 7) is -0.0694. The van der Waals surface area contributed by atoms with E-state index in [4.69, 9.17) is 0 Å². The van der Waals surface area contributed by atoms with Crippen LogP contribution < -0.4 is 0 Å². The summed E-state index contributed by atoms with van der Waals surface area (Å²) in [6.07, 6.45) is -3.80. The molecule has 0 bridgehead atoms. The number of hydrogen-bond donors (Lipinski definition) is 0. The summed E-state index contributed by atoms with van der Waals surface area (Å²) in [5, 5.41) is 0.